The van der Waals surface area contributed by atoms with Crippen molar-refractivity contribution < 1.29 is 4.79 Å². The quantitative estimate of drug-likeness (QED) is 0.909. The predicted octanol–water partition coefficient (Wildman–Crippen LogP) is 3.44. The molecule has 21 heavy (non-hydrogen) atoms. The van der Waals surface area contributed by atoms with Crippen molar-refractivity contribution in [2.75, 3.05) is 5.32 Å². The fourth-order valence-electron chi connectivity index (χ4n) is 2.52. The summed E-state index contributed by atoms with van der Waals surface area (Å²) >= 11 is 1.47. The molecular formula is C15H18ClN3OS. The van der Waals surface area contributed by atoms with E-state index in [-0.39, 0.29) is 18.3 Å². The highest BCUT2D eigenvalue weighted by atomic mass is 35.5. The molecule has 1 saturated carbocycles. The van der Waals surface area contributed by atoms with E-state index in [4.69, 9.17) is 5.73 Å². The summed E-state index contributed by atoms with van der Waals surface area (Å²) in [5.41, 5.74) is 6.53. The van der Waals surface area contributed by atoms with Gasteiger partial charge < -0.3 is 11.1 Å². The molecule has 4 nitrogen and oxygen atoms in total. The Labute approximate surface area is 134 Å². The molecule has 0 spiro atoms. The fraction of sp³-hybridized carbons (Fsp3) is 0.333. The summed E-state index contributed by atoms with van der Waals surface area (Å²) in [5, 5.41) is 3.47. The third-order valence-electron chi connectivity index (χ3n) is 3.73. The zero-order chi connectivity index (χ0) is 14.0. The summed E-state index contributed by atoms with van der Waals surface area (Å²) in [6.45, 7) is 0. The van der Waals surface area contributed by atoms with Gasteiger partial charge in [0.05, 0.1) is 10.4 Å². The highest BCUT2D eigenvalue weighted by Gasteiger charge is 2.37. The summed E-state index contributed by atoms with van der Waals surface area (Å²) < 4.78 is 0. The molecule has 1 aromatic heterocycles. The van der Waals surface area contributed by atoms with Gasteiger partial charge >= 0.3 is 0 Å². The molecular weight excluding hydrogens is 306 g/mol. The first-order chi connectivity index (χ1) is 9.67. The maximum absolute atomic E-state index is 12.2. The Hall–Kier alpha value is -1.43. The summed E-state index contributed by atoms with van der Waals surface area (Å²) in [6, 6.07) is 10.0. The molecule has 1 aromatic carbocycles. The molecule has 1 heterocycles. The van der Waals surface area contributed by atoms with E-state index in [2.05, 4.69) is 10.3 Å². The van der Waals surface area contributed by atoms with Crippen molar-refractivity contribution in [3.05, 3.63) is 36.5 Å². The summed E-state index contributed by atoms with van der Waals surface area (Å²) in [5.74, 6) is -0.107. The zero-order valence-corrected chi connectivity index (χ0v) is 13.2. The van der Waals surface area contributed by atoms with Crippen molar-refractivity contribution in [3.63, 3.8) is 0 Å². The maximum Gasteiger partial charge on any atom is 0.246 e. The van der Waals surface area contributed by atoms with Gasteiger partial charge in [-0.2, -0.15) is 0 Å². The minimum Gasteiger partial charge on any atom is -0.317 e. The number of hydrogen-bond donors (Lipinski definition) is 2. The van der Waals surface area contributed by atoms with E-state index >= 15 is 0 Å². The molecule has 1 fully saturated rings. The van der Waals surface area contributed by atoms with Crippen LogP contribution in [0.2, 0.25) is 0 Å². The van der Waals surface area contributed by atoms with Crippen molar-refractivity contribution >= 4 is 34.8 Å². The van der Waals surface area contributed by atoms with Crippen LogP contribution in [-0.2, 0) is 4.79 Å². The average Bonchev–Trinajstić information content (AvgIpc) is 3.10. The SMILES string of the molecule is Cl.NC1(C(=O)Nc2ncc(-c3ccccc3)s2)CCCC1. The first kappa shape index (κ1) is 15.9. The first-order valence-electron chi connectivity index (χ1n) is 6.79. The maximum atomic E-state index is 12.2. The van der Waals surface area contributed by atoms with Crippen LogP contribution in [0, 0.1) is 0 Å². The van der Waals surface area contributed by atoms with Gasteiger partial charge in [0.2, 0.25) is 5.91 Å². The molecule has 6 heteroatoms. The van der Waals surface area contributed by atoms with Crippen LogP contribution in [0.15, 0.2) is 36.5 Å². The van der Waals surface area contributed by atoms with Gasteiger partial charge in [0.1, 0.15) is 0 Å². The van der Waals surface area contributed by atoms with Gasteiger partial charge in [-0.3, -0.25) is 4.79 Å². The van der Waals surface area contributed by atoms with Gasteiger partial charge in [-0.1, -0.05) is 54.5 Å². The average molecular weight is 324 g/mol. The number of aromatic nitrogens is 1. The Morgan fingerprint density at radius 1 is 1.24 bits per heavy atom. The van der Waals surface area contributed by atoms with Crippen LogP contribution < -0.4 is 11.1 Å². The van der Waals surface area contributed by atoms with Gasteiger partial charge in [0.25, 0.3) is 0 Å². The second-order valence-corrected chi connectivity index (χ2v) is 6.24. The number of thiazole rings is 1. The van der Waals surface area contributed by atoms with Gasteiger partial charge in [-0.25, -0.2) is 4.98 Å². The van der Waals surface area contributed by atoms with Crippen molar-refractivity contribution in [1.29, 1.82) is 0 Å². The van der Waals surface area contributed by atoms with Crippen molar-refractivity contribution in [2.24, 2.45) is 5.73 Å². The molecule has 3 N–H and O–H groups in total. The lowest BCUT2D eigenvalue weighted by molar-refractivity contribution is -0.121. The number of carbonyl (C=O) groups excluding carboxylic acids is 1. The lowest BCUT2D eigenvalue weighted by Gasteiger charge is -2.21. The number of nitrogens with one attached hydrogen (secondary N) is 1. The largest absolute Gasteiger partial charge is 0.317 e. The number of rotatable bonds is 3. The van der Waals surface area contributed by atoms with E-state index in [1.165, 1.54) is 11.3 Å². The van der Waals surface area contributed by atoms with Crippen LogP contribution in [0.25, 0.3) is 10.4 Å². The van der Waals surface area contributed by atoms with E-state index in [0.29, 0.717) is 5.13 Å². The number of benzene rings is 1. The van der Waals surface area contributed by atoms with Gasteiger partial charge in [0, 0.05) is 6.20 Å². The van der Waals surface area contributed by atoms with Crippen LogP contribution >= 0.6 is 23.7 Å². The number of nitrogens with two attached hydrogens (primary N) is 1. The molecule has 1 aliphatic rings. The minimum atomic E-state index is -0.710. The summed E-state index contributed by atoms with van der Waals surface area (Å²) in [6.07, 6.45) is 5.35. The third-order valence-corrected chi connectivity index (χ3v) is 4.69. The molecule has 0 atom stereocenters. The van der Waals surface area contributed by atoms with Gasteiger partial charge in [0.15, 0.2) is 5.13 Å². The van der Waals surface area contributed by atoms with E-state index in [9.17, 15) is 4.79 Å². The molecule has 3 rings (SSSR count). The summed E-state index contributed by atoms with van der Waals surface area (Å²) in [4.78, 5) is 17.5. The second-order valence-electron chi connectivity index (χ2n) is 5.21. The molecule has 1 amide bonds. The fourth-order valence-corrected chi connectivity index (χ4v) is 3.34. The van der Waals surface area contributed by atoms with Crippen LogP contribution in [0.5, 0.6) is 0 Å². The Morgan fingerprint density at radius 3 is 2.57 bits per heavy atom. The predicted molar refractivity (Wildman–Crippen MR) is 88.8 cm³/mol. The molecule has 0 aliphatic heterocycles. The van der Waals surface area contributed by atoms with E-state index < -0.39 is 5.54 Å². The van der Waals surface area contributed by atoms with Gasteiger partial charge in [-0.05, 0) is 18.4 Å². The smallest absolute Gasteiger partial charge is 0.246 e. The van der Waals surface area contributed by atoms with Crippen molar-refractivity contribution in [2.45, 2.75) is 31.2 Å². The lowest BCUT2D eigenvalue weighted by atomic mass is 9.98. The molecule has 0 radical (unpaired) electrons. The number of anilines is 1. The zero-order valence-electron chi connectivity index (χ0n) is 11.5. The van der Waals surface area contributed by atoms with E-state index in [1.807, 2.05) is 30.3 Å². The number of amides is 1. The molecule has 0 saturated heterocycles. The second kappa shape index (κ2) is 6.56. The molecule has 0 bridgehead atoms. The first-order valence-corrected chi connectivity index (χ1v) is 7.61. The monoisotopic (exact) mass is 323 g/mol. The number of hydrogen-bond acceptors (Lipinski definition) is 4. The molecule has 0 unspecified atom stereocenters. The van der Waals surface area contributed by atoms with Gasteiger partial charge in [-0.15, -0.1) is 12.4 Å². The highest BCUT2D eigenvalue weighted by molar-refractivity contribution is 7.19. The molecule has 112 valence electrons. The van der Waals surface area contributed by atoms with E-state index in [1.54, 1.807) is 6.20 Å². The molecule has 1 aliphatic carbocycles. The number of carbonyl (C=O) groups is 1. The third kappa shape index (κ3) is 3.43. The number of nitrogens with zero attached hydrogens (tertiary/aromatic N) is 1. The summed E-state index contributed by atoms with van der Waals surface area (Å²) in [7, 11) is 0. The van der Waals surface area contributed by atoms with Crippen molar-refractivity contribution in [1.82, 2.24) is 4.98 Å². The Kier molecular flexibility index (Phi) is 4.98. The highest BCUT2D eigenvalue weighted by Crippen LogP contribution is 2.31. The van der Waals surface area contributed by atoms with Crippen LogP contribution in [0.4, 0.5) is 5.13 Å². The van der Waals surface area contributed by atoms with Crippen LogP contribution in [-0.4, -0.2) is 16.4 Å². The molecule has 2 aromatic rings. The normalized spacial score (nSPS) is 16.2. The number of halogens is 1. The standard InChI is InChI=1S/C15H17N3OS.ClH/c16-15(8-4-5-9-15)13(19)18-14-17-10-12(20-14)11-6-2-1-3-7-11;/h1-3,6-7,10H,4-5,8-9,16H2,(H,17,18,19);1H. The lowest BCUT2D eigenvalue weighted by Crippen LogP contribution is -2.48. The van der Waals surface area contributed by atoms with E-state index in [0.717, 1.165) is 36.1 Å². The Balaban J connectivity index is 0.00000161. The van der Waals surface area contributed by atoms with Crippen molar-refractivity contribution in [3.8, 4) is 10.4 Å². The Morgan fingerprint density at radius 2 is 1.90 bits per heavy atom. The Bertz CT molecular complexity index is 608. The van der Waals surface area contributed by atoms with Crippen LogP contribution in [0.1, 0.15) is 25.7 Å². The van der Waals surface area contributed by atoms with Crippen LogP contribution in [0.3, 0.4) is 0 Å². The minimum absolute atomic E-state index is 0. The topological polar surface area (TPSA) is 68.0 Å².